The van der Waals surface area contributed by atoms with Crippen molar-refractivity contribution in [3.8, 4) is 0 Å². The van der Waals surface area contributed by atoms with E-state index in [0.29, 0.717) is 23.4 Å². The maximum atomic E-state index is 13.0. The van der Waals surface area contributed by atoms with E-state index in [0.717, 1.165) is 0 Å². The lowest BCUT2D eigenvalue weighted by Crippen LogP contribution is -2.44. The lowest BCUT2D eigenvalue weighted by molar-refractivity contribution is -0.120. The molecule has 1 amide bonds. The van der Waals surface area contributed by atoms with Crippen LogP contribution in [-0.4, -0.2) is 57.9 Å². The van der Waals surface area contributed by atoms with Crippen molar-refractivity contribution >= 4 is 56.8 Å². The second-order valence-electron chi connectivity index (χ2n) is 7.97. The summed E-state index contributed by atoms with van der Waals surface area (Å²) in [5.74, 6) is -2.72. The summed E-state index contributed by atoms with van der Waals surface area (Å²) in [5, 5.41) is 3.27. The molecule has 2 aromatic rings. The van der Waals surface area contributed by atoms with Crippen LogP contribution in [0.15, 0.2) is 36.4 Å². The van der Waals surface area contributed by atoms with Gasteiger partial charge in [-0.2, -0.15) is 0 Å². The first kappa shape index (κ1) is 26.9. The first-order chi connectivity index (χ1) is 16.5. The molecule has 35 heavy (non-hydrogen) atoms. The van der Waals surface area contributed by atoms with Crippen LogP contribution in [-0.2, 0) is 30.0 Å². The van der Waals surface area contributed by atoms with Gasteiger partial charge in [0.1, 0.15) is 0 Å². The first-order valence-corrected chi connectivity index (χ1v) is 12.9. The molecule has 1 N–H and O–H groups in total. The van der Waals surface area contributed by atoms with Crippen LogP contribution in [0.5, 0.6) is 0 Å². The molecule has 0 aromatic heterocycles. The summed E-state index contributed by atoms with van der Waals surface area (Å²) in [5.41, 5.74) is 0.787. The molecule has 9 nitrogen and oxygen atoms in total. The maximum Gasteiger partial charge on any atom is 0.337 e. The number of hydrogen-bond acceptors (Lipinski definition) is 7. The third-order valence-corrected chi connectivity index (χ3v) is 8.08. The fourth-order valence-corrected chi connectivity index (χ4v) is 5.67. The Hall–Kier alpha value is -2.66. The summed E-state index contributed by atoms with van der Waals surface area (Å²) in [6, 6.07) is 8.67. The zero-order chi connectivity index (χ0) is 25.8. The molecule has 0 spiro atoms. The minimum Gasteiger partial charge on any atom is -0.465 e. The molecule has 3 rings (SSSR count). The van der Waals surface area contributed by atoms with Gasteiger partial charge < -0.3 is 14.8 Å². The zero-order valence-electron chi connectivity index (χ0n) is 19.0. The molecule has 1 atom stereocenters. The standard InChI is InChI=1S/C23H24Cl2N2O7S/c1-33-22(29)16-9-17(23(30)34-2)11-18(10-16)26-21(28)15-4-3-7-27(12-15)35(31,32)13-14-5-6-19(24)20(25)8-14/h5-6,8-11,15H,3-4,7,12-13H2,1-2H3,(H,26,28). The lowest BCUT2D eigenvalue weighted by atomic mass is 9.98. The summed E-state index contributed by atoms with van der Waals surface area (Å²) >= 11 is 11.9. The average molecular weight is 543 g/mol. The number of carbonyl (C=O) groups excluding carboxylic acids is 3. The Morgan fingerprint density at radius 3 is 2.20 bits per heavy atom. The van der Waals surface area contributed by atoms with E-state index in [4.69, 9.17) is 32.7 Å². The van der Waals surface area contributed by atoms with E-state index in [1.807, 2.05) is 0 Å². The van der Waals surface area contributed by atoms with Crippen molar-refractivity contribution < 1.29 is 32.3 Å². The summed E-state index contributed by atoms with van der Waals surface area (Å²) in [6.07, 6.45) is 0.972. The fraction of sp³-hybridized carbons (Fsp3) is 0.348. The number of esters is 2. The fourth-order valence-electron chi connectivity index (χ4n) is 3.76. The second-order valence-corrected chi connectivity index (χ2v) is 10.8. The normalized spacial score (nSPS) is 16.4. The van der Waals surface area contributed by atoms with Crippen LogP contribution in [0.4, 0.5) is 5.69 Å². The highest BCUT2D eigenvalue weighted by atomic mass is 35.5. The summed E-state index contributed by atoms with van der Waals surface area (Å²) in [7, 11) is -1.33. The summed E-state index contributed by atoms with van der Waals surface area (Å²) in [4.78, 5) is 37.0. The molecule has 1 fully saturated rings. The molecule has 1 heterocycles. The molecule has 1 saturated heterocycles. The number of amides is 1. The van der Waals surface area contributed by atoms with Gasteiger partial charge >= 0.3 is 11.9 Å². The third kappa shape index (κ3) is 6.72. The highest BCUT2D eigenvalue weighted by Crippen LogP contribution is 2.27. The highest BCUT2D eigenvalue weighted by molar-refractivity contribution is 7.88. The van der Waals surface area contributed by atoms with Gasteiger partial charge in [-0.15, -0.1) is 0 Å². The minimum absolute atomic E-state index is 0.00393. The number of piperidine rings is 1. The third-order valence-electron chi connectivity index (χ3n) is 5.52. The molecule has 0 bridgehead atoms. The Morgan fingerprint density at radius 1 is 1.00 bits per heavy atom. The van der Waals surface area contributed by atoms with Crippen LogP contribution in [0, 0.1) is 5.92 Å². The van der Waals surface area contributed by atoms with E-state index >= 15 is 0 Å². The SMILES string of the molecule is COC(=O)c1cc(NC(=O)C2CCCN(S(=O)(=O)Cc3ccc(Cl)c(Cl)c3)C2)cc(C(=O)OC)c1. The minimum atomic E-state index is -3.72. The van der Waals surface area contributed by atoms with E-state index in [9.17, 15) is 22.8 Å². The monoisotopic (exact) mass is 542 g/mol. The van der Waals surface area contributed by atoms with Gasteiger partial charge in [-0.3, -0.25) is 4.79 Å². The van der Waals surface area contributed by atoms with Crippen LogP contribution < -0.4 is 5.32 Å². The van der Waals surface area contributed by atoms with Crippen LogP contribution in [0.3, 0.4) is 0 Å². The van der Waals surface area contributed by atoms with Crippen molar-refractivity contribution in [2.45, 2.75) is 18.6 Å². The molecule has 0 saturated carbocycles. The second kappa shape index (κ2) is 11.4. The largest absolute Gasteiger partial charge is 0.465 e. The van der Waals surface area contributed by atoms with E-state index in [2.05, 4.69) is 5.32 Å². The van der Waals surface area contributed by atoms with E-state index in [1.54, 1.807) is 6.07 Å². The number of halogens is 2. The predicted octanol–water partition coefficient (Wildman–Crippen LogP) is 3.75. The van der Waals surface area contributed by atoms with Crippen LogP contribution in [0.1, 0.15) is 39.1 Å². The molecule has 1 aliphatic heterocycles. The number of carbonyl (C=O) groups is 3. The molecule has 1 unspecified atom stereocenters. The number of benzene rings is 2. The number of nitrogens with zero attached hydrogens (tertiary/aromatic N) is 1. The summed E-state index contributed by atoms with van der Waals surface area (Å²) in [6.45, 7) is 0.286. The van der Waals surface area contributed by atoms with Gasteiger partial charge in [-0.05, 0) is 48.7 Å². The van der Waals surface area contributed by atoms with Crippen LogP contribution in [0.25, 0.3) is 0 Å². The van der Waals surface area contributed by atoms with Crippen molar-refractivity contribution in [2.24, 2.45) is 5.92 Å². The number of rotatable bonds is 7. The van der Waals surface area contributed by atoms with E-state index in [1.165, 1.54) is 48.9 Å². The molecule has 1 aliphatic rings. The van der Waals surface area contributed by atoms with Crippen molar-refractivity contribution in [1.29, 1.82) is 0 Å². The smallest absolute Gasteiger partial charge is 0.337 e. The van der Waals surface area contributed by atoms with Gasteiger partial charge in [0.05, 0.1) is 47.1 Å². The predicted molar refractivity (Wildman–Crippen MR) is 131 cm³/mol. The Labute approximate surface area is 213 Å². The molecule has 188 valence electrons. The molecule has 12 heteroatoms. The summed E-state index contributed by atoms with van der Waals surface area (Å²) < 4.78 is 36.7. The average Bonchev–Trinajstić information content (AvgIpc) is 2.84. The van der Waals surface area contributed by atoms with Crippen molar-refractivity contribution in [1.82, 2.24) is 4.31 Å². The highest BCUT2D eigenvalue weighted by Gasteiger charge is 2.32. The number of sulfonamides is 1. The number of nitrogens with one attached hydrogen (secondary N) is 1. The van der Waals surface area contributed by atoms with Gasteiger partial charge in [0.15, 0.2) is 0 Å². The van der Waals surface area contributed by atoms with Gasteiger partial charge in [-0.25, -0.2) is 22.3 Å². The molecular weight excluding hydrogens is 519 g/mol. The first-order valence-electron chi connectivity index (χ1n) is 10.6. The Bertz CT molecular complexity index is 1220. The molecular formula is C23H24Cl2N2O7S. The zero-order valence-corrected chi connectivity index (χ0v) is 21.4. The number of methoxy groups -OCH3 is 2. The van der Waals surface area contributed by atoms with E-state index in [-0.39, 0.29) is 40.7 Å². The molecule has 0 aliphatic carbocycles. The van der Waals surface area contributed by atoms with Gasteiger partial charge in [-0.1, -0.05) is 29.3 Å². The Kier molecular flexibility index (Phi) is 8.76. The molecule has 2 aromatic carbocycles. The molecule has 0 radical (unpaired) electrons. The maximum absolute atomic E-state index is 13.0. The van der Waals surface area contributed by atoms with E-state index < -0.39 is 33.8 Å². The van der Waals surface area contributed by atoms with Crippen LogP contribution in [0.2, 0.25) is 10.0 Å². The number of anilines is 1. The lowest BCUT2D eigenvalue weighted by Gasteiger charge is -2.31. The number of hydrogen-bond donors (Lipinski definition) is 1. The van der Waals surface area contributed by atoms with Gasteiger partial charge in [0, 0.05) is 18.8 Å². The Balaban J connectivity index is 1.75. The quantitative estimate of drug-likeness (QED) is 0.529. The number of ether oxygens (including phenoxy) is 2. The van der Waals surface area contributed by atoms with Crippen molar-refractivity contribution in [2.75, 3.05) is 32.6 Å². The topological polar surface area (TPSA) is 119 Å². The van der Waals surface area contributed by atoms with Crippen molar-refractivity contribution in [3.63, 3.8) is 0 Å². The van der Waals surface area contributed by atoms with Gasteiger partial charge in [0.25, 0.3) is 0 Å². The van der Waals surface area contributed by atoms with Gasteiger partial charge in [0.2, 0.25) is 15.9 Å². The Morgan fingerprint density at radius 2 is 1.63 bits per heavy atom. The van der Waals surface area contributed by atoms with Crippen LogP contribution >= 0.6 is 23.2 Å². The van der Waals surface area contributed by atoms with Crippen molar-refractivity contribution in [3.05, 3.63) is 63.1 Å².